The molecule has 1 aliphatic rings. The van der Waals surface area contributed by atoms with Gasteiger partial charge < -0.3 is 14.2 Å². The first kappa shape index (κ1) is 20.3. The van der Waals surface area contributed by atoms with Crippen molar-refractivity contribution in [2.75, 3.05) is 13.2 Å². The number of esters is 1. The van der Waals surface area contributed by atoms with E-state index in [4.69, 9.17) is 14.2 Å². The number of hydrogen-bond acceptors (Lipinski definition) is 5. The molecule has 30 heavy (non-hydrogen) atoms. The molecule has 2 heterocycles. The highest BCUT2D eigenvalue weighted by molar-refractivity contribution is 5.92. The van der Waals surface area contributed by atoms with Gasteiger partial charge in [-0.1, -0.05) is 24.3 Å². The number of hydrogen-bond donors (Lipinski definition) is 0. The maximum absolute atomic E-state index is 13.7. The molecule has 0 spiro atoms. The van der Waals surface area contributed by atoms with E-state index >= 15 is 0 Å². The van der Waals surface area contributed by atoms with Crippen LogP contribution in [0.3, 0.4) is 0 Å². The van der Waals surface area contributed by atoms with E-state index in [1.165, 1.54) is 6.92 Å². The van der Waals surface area contributed by atoms with Gasteiger partial charge in [0.05, 0.1) is 17.1 Å². The highest BCUT2D eigenvalue weighted by Crippen LogP contribution is 2.29. The standard InChI is InChI=1S/C22H22F2N2O4/c1-14(20-25-17-9-3-4-10-18(17)26(20)22(23)24)30-21(27)16-8-2-5-11-19(16)29-13-15-7-6-12-28-15/h2-5,8-11,14-15,22H,6-7,12-13H2,1H3. The molecular formula is C22H22F2N2O4. The number of para-hydroxylation sites is 3. The summed E-state index contributed by atoms with van der Waals surface area (Å²) in [6.07, 6.45) is 0.914. The van der Waals surface area contributed by atoms with E-state index in [0.29, 0.717) is 24.5 Å². The Hall–Kier alpha value is -3.00. The van der Waals surface area contributed by atoms with Gasteiger partial charge in [0.2, 0.25) is 0 Å². The molecule has 8 heteroatoms. The zero-order chi connectivity index (χ0) is 21.1. The fourth-order valence-electron chi connectivity index (χ4n) is 3.55. The molecule has 0 bridgehead atoms. The van der Waals surface area contributed by atoms with Crippen LogP contribution in [0.4, 0.5) is 8.78 Å². The molecule has 0 amide bonds. The third-order valence-electron chi connectivity index (χ3n) is 5.02. The summed E-state index contributed by atoms with van der Waals surface area (Å²) < 4.78 is 44.9. The Bertz CT molecular complexity index is 1030. The van der Waals surface area contributed by atoms with Gasteiger partial charge in [0, 0.05) is 6.61 Å². The summed E-state index contributed by atoms with van der Waals surface area (Å²) in [5.41, 5.74) is 0.920. The lowest BCUT2D eigenvalue weighted by molar-refractivity contribution is 0.0225. The molecule has 1 saturated heterocycles. The molecule has 158 valence electrons. The number of carbonyl (C=O) groups is 1. The molecule has 1 fully saturated rings. The smallest absolute Gasteiger partial charge is 0.342 e. The van der Waals surface area contributed by atoms with Crippen LogP contribution in [0.1, 0.15) is 48.6 Å². The van der Waals surface area contributed by atoms with Crippen LogP contribution < -0.4 is 4.74 Å². The lowest BCUT2D eigenvalue weighted by Gasteiger charge is -2.17. The predicted molar refractivity (Wildman–Crippen MR) is 106 cm³/mol. The van der Waals surface area contributed by atoms with E-state index in [-0.39, 0.29) is 23.0 Å². The van der Waals surface area contributed by atoms with Crippen LogP contribution in [-0.2, 0) is 9.47 Å². The number of rotatable bonds is 7. The molecule has 0 N–H and O–H groups in total. The van der Waals surface area contributed by atoms with E-state index < -0.39 is 18.6 Å². The fourth-order valence-corrected chi connectivity index (χ4v) is 3.55. The first-order chi connectivity index (χ1) is 14.5. The Morgan fingerprint density at radius 1 is 1.23 bits per heavy atom. The van der Waals surface area contributed by atoms with Crippen LogP contribution in [0.2, 0.25) is 0 Å². The van der Waals surface area contributed by atoms with E-state index in [9.17, 15) is 13.6 Å². The summed E-state index contributed by atoms with van der Waals surface area (Å²) in [7, 11) is 0. The van der Waals surface area contributed by atoms with Crippen molar-refractivity contribution in [1.29, 1.82) is 0 Å². The molecule has 6 nitrogen and oxygen atoms in total. The summed E-state index contributed by atoms with van der Waals surface area (Å²) in [6, 6.07) is 13.3. The average molecular weight is 416 g/mol. The van der Waals surface area contributed by atoms with Crippen molar-refractivity contribution in [3.8, 4) is 5.75 Å². The largest absolute Gasteiger partial charge is 0.490 e. The number of carbonyl (C=O) groups excluding carboxylic acids is 1. The Kier molecular flexibility index (Phi) is 5.94. The second-order valence-corrected chi connectivity index (χ2v) is 7.10. The molecule has 0 radical (unpaired) electrons. The van der Waals surface area contributed by atoms with Crippen LogP contribution >= 0.6 is 0 Å². The number of nitrogens with zero attached hydrogens (tertiary/aromatic N) is 2. The van der Waals surface area contributed by atoms with E-state index in [2.05, 4.69) is 4.98 Å². The number of alkyl halides is 2. The molecule has 0 aliphatic carbocycles. The van der Waals surface area contributed by atoms with Gasteiger partial charge in [0.1, 0.15) is 17.9 Å². The minimum absolute atomic E-state index is 0.000974. The molecule has 3 aromatic rings. The van der Waals surface area contributed by atoms with Crippen molar-refractivity contribution in [3.05, 3.63) is 59.9 Å². The molecule has 2 aromatic carbocycles. The number of aromatic nitrogens is 2. The fraction of sp³-hybridized carbons (Fsp3) is 0.364. The van der Waals surface area contributed by atoms with Crippen molar-refractivity contribution in [1.82, 2.24) is 9.55 Å². The van der Waals surface area contributed by atoms with Crippen molar-refractivity contribution < 1.29 is 27.8 Å². The molecule has 1 aliphatic heterocycles. The third-order valence-corrected chi connectivity index (χ3v) is 5.02. The maximum Gasteiger partial charge on any atom is 0.342 e. The zero-order valence-corrected chi connectivity index (χ0v) is 16.5. The Morgan fingerprint density at radius 2 is 2.00 bits per heavy atom. The van der Waals surface area contributed by atoms with Gasteiger partial charge in [-0.15, -0.1) is 0 Å². The Balaban J connectivity index is 1.53. The lowest BCUT2D eigenvalue weighted by atomic mass is 10.2. The van der Waals surface area contributed by atoms with Crippen LogP contribution in [0.15, 0.2) is 48.5 Å². The molecule has 2 atom stereocenters. The van der Waals surface area contributed by atoms with Gasteiger partial charge in [-0.3, -0.25) is 4.57 Å². The number of benzene rings is 2. The number of ether oxygens (including phenoxy) is 3. The summed E-state index contributed by atoms with van der Waals surface area (Å²) >= 11 is 0. The Morgan fingerprint density at radius 3 is 2.77 bits per heavy atom. The topological polar surface area (TPSA) is 62.6 Å². The predicted octanol–water partition coefficient (Wildman–Crippen LogP) is 4.91. The summed E-state index contributed by atoms with van der Waals surface area (Å²) in [4.78, 5) is 17.0. The van der Waals surface area contributed by atoms with Gasteiger partial charge >= 0.3 is 12.5 Å². The third kappa shape index (κ3) is 4.14. The number of fused-ring (bicyclic) bond motifs is 1. The molecule has 4 rings (SSSR count). The van der Waals surface area contributed by atoms with E-state index in [0.717, 1.165) is 17.4 Å². The highest BCUT2D eigenvalue weighted by atomic mass is 19.3. The quantitative estimate of drug-likeness (QED) is 0.512. The van der Waals surface area contributed by atoms with Gasteiger partial charge in [0.15, 0.2) is 11.9 Å². The first-order valence-corrected chi connectivity index (χ1v) is 9.84. The summed E-state index contributed by atoms with van der Waals surface area (Å²) in [6.45, 7) is -0.245. The van der Waals surface area contributed by atoms with Crippen LogP contribution in [0.5, 0.6) is 5.75 Å². The van der Waals surface area contributed by atoms with Crippen LogP contribution in [0, 0.1) is 0 Å². The second kappa shape index (κ2) is 8.79. The summed E-state index contributed by atoms with van der Waals surface area (Å²) in [5, 5.41) is 0. The molecule has 1 aromatic heterocycles. The molecule has 2 unspecified atom stereocenters. The number of halogens is 2. The van der Waals surface area contributed by atoms with Gasteiger partial charge in [0.25, 0.3) is 0 Å². The lowest BCUT2D eigenvalue weighted by Crippen LogP contribution is -2.19. The van der Waals surface area contributed by atoms with Gasteiger partial charge in [-0.2, -0.15) is 8.78 Å². The van der Waals surface area contributed by atoms with Crippen molar-refractivity contribution >= 4 is 17.0 Å². The van der Waals surface area contributed by atoms with E-state index in [1.807, 2.05) is 0 Å². The van der Waals surface area contributed by atoms with Crippen LogP contribution in [0.25, 0.3) is 11.0 Å². The SMILES string of the molecule is CC(OC(=O)c1ccccc1OCC1CCCO1)c1nc2ccccc2n1C(F)F. The van der Waals surface area contributed by atoms with Crippen LogP contribution in [-0.4, -0.2) is 34.8 Å². The van der Waals surface area contributed by atoms with E-state index in [1.54, 1.807) is 48.5 Å². The highest BCUT2D eigenvalue weighted by Gasteiger charge is 2.26. The van der Waals surface area contributed by atoms with Crippen molar-refractivity contribution in [2.45, 2.75) is 38.5 Å². The molecular weight excluding hydrogens is 394 g/mol. The maximum atomic E-state index is 13.7. The summed E-state index contributed by atoms with van der Waals surface area (Å²) in [5.74, 6) is -0.316. The van der Waals surface area contributed by atoms with Gasteiger partial charge in [-0.25, -0.2) is 9.78 Å². The van der Waals surface area contributed by atoms with Gasteiger partial charge in [-0.05, 0) is 44.0 Å². The number of imidazole rings is 1. The Labute approximate surface area is 172 Å². The second-order valence-electron chi connectivity index (χ2n) is 7.10. The molecule has 0 saturated carbocycles. The minimum atomic E-state index is -2.81. The minimum Gasteiger partial charge on any atom is -0.490 e. The van der Waals surface area contributed by atoms with Crippen molar-refractivity contribution in [3.63, 3.8) is 0 Å². The zero-order valence-electron chi connectivity index (χ0n) is 16.5. The first-order valence-electron chi connectivity index (χ1n) is 9.84. The average Bonchev–Trinajstić information content (AvgIpc) is 3.40. The normalized spacial score (nSPS) is 17.4. The van der Waals surface area contributed by atoms with Crippen molar-refractivity contribution in [2.24, 2.45) is 0 Å². The monoisotopic (exact) mass is 416 g/mol.